The second-order valence-electron chi connectivity index (χ2n) is 8.02. The summed E-state index contributed by atoms with van der Waals surface area (Å²) in [6.45, 7) is 5.12. The van der Waals surface area contributed by atoms with Gasteiger partial charge >= 0.3 is 0 Å². The van der Waals surface area contributed by atoms with Crippen molar-refractivity contribution in [1.29, 1.82) is 0 Å². The van der Waals surface area contributed by atoms with Crippen LogP contribution in [-0.4, -0.2) is 41.0 Å². The average molecular weight is 529 g/mol. The number of hydrogen-bond donors (Lipinski definition) is 2. The molecule has 188 valence electrons. The number of carbonyl (C=O) groups is 2. The number of aliphatic hydroxyl groups is 1. The Bertz CT molecular complexity index is 1310. The van der Waals surface area contributed by atoms with Crippen LogP contribution in [0.25, 0.3) is 0 Å². The number of aryl methyl sites for hydroxylation is 1. The zero-order valence-electron chi connectivity index (χ0n) is 20.1. The standard InChI is InChI=1S/C26H26Cl2N4O4/c1-5-23(34)31-20-9-16(13-33)6-7-17(20)10-18-11-22(30-14-29-18)32(3)24(35)12-19-25(27)15(2)8-21(36-4)26(19)28/h5-9,11,14,33H,1,10,12-13H2,2-4H3,(H,31,34). The van der Waals surface area contributed by atoms with Crippen LogP contribution >= 0.6 is 23.2 Å². The van der Waals surface area contributed by atoms with Gasteiger partial charge in [0.25, 0.3) is 0 Å². The molecule has 3 rings (SSSR count). The van der Waals surface area contributed by atoms with Crippen LogP contribution in [0.2, 0.25) is 10.0 Å². The number of methoxy groups -OCH3 is 1. The number of amides is 2. The summed E-state index contributed by atoms with van der Waals surface area (Å²) in [7, 11) is 3.11. The van der Waals surface area contributed by atoms with E-state index in [1.807, 2.05) is 6.92 Å². The van der Waals surface area contributed by atoms with Crippen LogP contribution < -0.4 is 15.0 Å². The molecule has 8 nitrogen and oxygen atoms in total. The van der Waals surface area contributed by atoms with E-state index in [4.69, 9.17) is 27.9 Å². The molecule has 0 aliphatic carbocycles. The summed E-state index contributed by atoms with van der Waals surface area (Å²) in [4.78, 5) is 34.9. The first-order chi connectivity index (χ1) is 17.2. The van der Waals surface area contributed by atoms with E-state index >= 15 is 0 Å². The Balaban J connectivity index is 1.85. The van der Waals surface area contributed by atoms with Crippen LogP contribution in [0.4, 0.5) is 11.5 Å². The lowest BCUT2D eigenvalue weighted by molar-refractivity contribution is -0.117. The minimum Gasteiger partial charge on any atom is -0.495 e. The van der Waals surface area contributed by atoms with Gasteiger partial charge in [0.1, 0.15) is 17.9 Å². The van der Waals surface area contributed by atoms with Crippen molar-refractivity contribution in [2.75, 3.05) is 24.4 Å². The number of nitrogens with zero attached hydrogens (tertiary/aromatic N) is 3. The number of carbonyl (C=O) groups excluding carboxylic acids is 2. The summed E-state index contributed by atoms with van der Waals surface area (Å²) in [6.07, 6.45) is 2.84. The number of nitrogens with one attached hydrogen (secondary N) is 1. The molecular weight excluding hydrogens is 503 g/mol. The van der Waals surface area contributed by atoms with Gasteiger partial charge in [0.15, 0.2) is 0 Å². The molecule has 1 heterocycles. The highest BCUT2D eigenvalue weighted by Gasteiger charge is 2.21. The number of anilines is 2. The third-order valence-corrected chi connectivity index (χ3v) is 6.53. The van der Waals surface area contributed by atoms with Crippen molar-refractivity contribution in [3.05, 3.63) is 87.3 Å². The van der Waals surface area contributed by atoms with Gasteiger partial charge in [-0.2, -0.15) is 0 Å². The highest BCUT2D eigenvalue weighted by Crippen LogP contribution is 2.36. The predicted octanol–water partition coefficient (Wildman–Crippen LogP) is 4.51. The van der Waals surface area contributed by atoms with Gasteiger partial charge in [-0.05, 0) is 41.8 Å². The van der Waals surface area contributed by atoms with E-state index in [1.54, 1.807) is 37.4 Å². The molecule has 0 radical (unpaired) electrons. The normalized spacial score (nSPS) is 10.6. The molecule has 0 aliphatic heterocycles. The molecular formula is C26H26Cl2N4O4. The molecule has 36 heavy (non-hydrogen) atoms. The van der Waals surface area contributed by atoms with Crippen LogP contribution in [0, 0.1) is 6.92 Å². The summed E-state index contributed by atoms with van der Waals surface area (Å²) in [5.74, 6) is 0.188. The van der Waals surface area contributed by atoms with Crippen molar-refractivity contribution >= 4 is 46.5 Å². The van der Waals surface area contributed by atoms with E-state index in [2.05, 4.69) is 21.9 Å². The maximum absolute atomic E-state index is 13.1. The maximum Gasteiger partial charge on any atom is 0.247 e. The molecule has 1 aromatic heterocycles. The average Bonchev–Trinajstić information content (AvgIpc) is 2.89. The van der Waals surface area contributed by atoms with Crippen molar-refractivity contribution < 1.29 is 19.4 Å². The van der Waals surface area contributed by atoms with Gasteiger partial charge in [-0.15, -0.1) is 0 Å². The summed E-state index contributed by atoms with van der Waals surface area (Å²) in [5, 5.41) is 12.9. The van der Waals surface area contributed by atoms with Crippen molar-refractivity contribution in [3.8, 4) is 5.75 Å². The van der Waals surface area contributed by atoms with Gasteiger partial charge in [0.2, 0.25) is 11.8 Å². The molecule has 2 aromatic carbocycles. The summed E-state index contributed by atoms with van der Waals surface area (Å²) >= 11 is 12.9. The number of ether oxygens (including phenoxy) is 1. The van der Waals surface area contributed by atoms with Crippen LogP contribution in [0.1, 0.15) is 27.9 Å². The fourth-order valence-corrected chi connectivity index (χ4v) is 4.10. The second kappa shape index (κ2) is 12.0. The lowest BCUT2D eigenvalue weighted by Crippen LogP contribution is -2.29. The number of likely N-dealkylation sites (N-methyl/N-ethyl adjacent to an activating group) is 1. The predicted molar refractivity (Wildman–Crippen MR) is 141 cm³/mol. The smallest absolute Gasteiger partial charge is 0.247 e. The third-order valence-electron chi connectivity index (χ3n) is 5.59. The summed E-state index contributed by atoms with van der Waals surface area (Å²) in [5.41, 5.74) is 3.81. The topological polar surface area (TPSA) is 105 Å². The van der Waals surface area contributed by atoms with Crippen molar-refractivity contribution in [3.63, 3.8) is 0 Å². The third kappa shape index (κ3) is 6.20. The monoisotopic (exact) mass is 528 g/mol. The Kier molecular flexibility index (Phi) is 9.03. The number of hydrogen-bond acceptors (Lipinski definition) is 6. The Morgan fingerprint density at radius 1 is 1.19 bits per heavy atom. The summed E-state index contributed by atoms with van der Waals surface area (Å²) < 4.78 is 5.29. The van der Waals surface area contributed by atoms with Gasteiger partial charge in [-0.25, -0.2) is 9.97 Å². The fraction of sp³-hybridized carbons (Fsp3) is 0.231. The van der Waals surface area contributed by atoms with Crippen LogP contribution in [0.3, 0.4) is 0 Å². The lowest BCUT2D eigenvalue weighted by atomic mass is 10.0. The number of aromatic nitrogens is 2. The molecule has 2 amide bonds. The molecule has 10 heteroatoms. The Hall–Kier alpha value is -3.46. The zero-order chi connectivity index (χ0) is 26.4. The quantitative estimate of drug-likeness (QED) is 0.396. The van der Waals surface area contributed by atoms with Crippen molar-refractivity contribution in [2.45, 2.75) is 26.4 Å². The lowest BCUT2D eigenvalue weighted by Gasteiger charge is -2.19. The SMILES string of the molecule is C=CC(=O)Nc1cc(CO)ccc1Cc1cc(N(C)C(=O)Cc2c(Cl)c(C)cc(OC)c2Cl)ncn1. The maximum atomic E-state index is 13.1. The van der Waals surface area contributed by atoms with Crippen molar-refractivity contribution in [2.24, 2.45) is 0 Å². The number of halogens is 2. The van der Waals surface area contributed by atoms with Crippen molar-refractivity contribution in [1.82, 2.24) is 9.97 Å². The van der Waals surface area contributed by atoms with Gasteiger partial charge in [-0.1, -0.05) is 41.9 Å². The Morgan fingerprint density at radius 3 is 2.61 bits per heavy atom. The van der Waals surface area contributed by atoms with Gasteiger partial charge in [0.05, 0.1) is 30.9 Å². The first-order valence-electron chi connectivity index (χ1n) is 10.9. The molecule has 0 saturated heterocycles. The Labute approximate surface area is 219 Å². The molecule has 0 bridgehead atoms. The van der Waals surface area contributed by atoms with E-state index in [-0.39, 0.29) is 24.8 Å². The molecule has 0 unspecified atom stereocenters. The Morgan fingerprint density at radius 2 is 1.94 bits per heavy atom. The zero-order valence-corrected chi connectivity index (χ0v) is 21.7. The first-order valence-corrected chi connectivity index (χ1v) is 11.7. The number of rotatable bonds is 9. The van der Waals surface area contributed by atoms with E-state index in [1.165, 1.54) is 24.4 Å². The van der Waals surface area contributed by atoms with Crippen LogP contribution in [0.5, 0.6) is 5.75 Å². The van der Waals surface area contributed by atoms with Gasteiger partial charge in [-0.3, -0.25) is 14.5 Å². The van der Waals surface area contributed by atoms with E-state index in [9.17, 15) is 14.7 Å². The van der Waals surface area contributed by atoms with E-state index in [0.29, 0.717) is 50.5 Å². The molecule has 0 fully saturated rings. The molecule has 0 atom stereocenters. The second-order valence-corrected chi connectivity index (χ2v) is 8.78. The van der Waals surface area contributed by atoms with Crippen LogP contribution in [-0.2, 0) is 29.0 Å². The highest BCUT2D eigenvalue weighted by molar-refractivity contribution is 6.37. The molecule has 0 saturated carbocycles. The van der Waals surface area contributed by atoms with Crippen LogP contribution in [0.15, 0.2) is 49.3 Å². The van der Waals surface area contributed by atoms with Gasteiger partial charge < -0.3 is 15.2 Å². The molecule has 2 N–H and O–H groups in total. The van der Waals surface area contributed by atoms with E-state index in [0.717, 1.165) is 11.1 Å². The molecule has 0 spiro atoms. The number of benzene rings is 2. The first kappa shape index (κ1) is 27.1. The number of aliphatic hydroxyl groups excluding tert-OH is 1. The van der Waals surface area contributed by atoms with Gasteiger partial charge in [0, 0.05) is 35.8 Å². The minimum absolute atomic E-state index is 0.0497. The highest BCUT2D eigenvalue weighted by atomic mass is 35.5. The fourth-order valence-electron chi connectivity index (χ4n) is 3.54. The largest absolute Gasteiger partial charge is 0.495 e. The van der Waals surface area contributed by atoms with E-state index < -0.39 is 0 Å². The minimum atomic E-state index is -0.370. The molecule has 3 aromatic rings. The molecule has 0 aliphatic rings. The summed E-state index contributed by atoms with van der Waals surface area (Å²) in [6, 6.07) is 8.67.